The molecule has 0 unspecified atom stereocenters. The van der Waals surface area contributed by atoms with Gasteiger partial charge in [0.15, 0.2) is 0 Å². The van der Waals surface area contributed by atoms with Crippen LogP contribution < -0.4 is 10.6 Å². The van der Waals surface area contributed by atoms with Gasteiger partial charge in [-0.3, -0.25) is 0 Å². The lowest BCUT2D eigenvalue weighted by Crippen LogP contribution is -2.43. The molecule has 0 bridgehead atoms. The molecule has 1 fully saturated rings. The minimum Gasteiger partial charge on any atom is -0.317 e. The topological polar surface area (TPSA) is 24.1 Å². The summed E-state index contributed by atoms with van der Waals surface area (Å²) in [6.45, 7) is 11.8. The molecule has 1 aliphatic heterocycles. The van der Waals surface area contributed by atoms with Crippen LogP contribution in [-0.2, 0) is 0 Å². The van der Waals surface area contributed by atoms with Crippen LogP contribution in [0.4, 0.5) is 0 Å². The summed E-state index contributed by atoms with van der Waals surface area (Å²) in [5.74, 6) is 0.862. The summed E-state index contributed by atoms with van der Waals surface area (Å²) in [6, 6.07) is 0. The first-order valence-corrected chi connectivity index (χ1v) is 7.60. The minimum atomic E-state index is 0.587. The van der Waals surface area contributed by atoms with Crippen LogP contribution in [-0.4, -0.2) is 26.2 Å². The second kappa shape index (κ2) is 8.10. The van der Waals surface area contributed by atoms with E-state index < -0.39 is 0 Å². The lowest BCUT2D eigenvalue weighted by atomic mass is 9.76. The third-order valence-corrected chi connectivity index (χ3v) is 4.30. The summed E-state index contributed by atoms with van der Waals surface area (Å²) >= 11 is 0. The van der Waals surface area contributed by atoms with Crippen molar-refractivity contribution in [1.82, 2.24) is 10.6 Å². The predicted octanol–water partition coefficient (Wildman–Crippen LogP) is 3.18. The predicted molar refractivity (Wildman–Crippen MR) is 76.4 cm³/mol. The highest BCUT2D eigenvalue weighted by Crippen LogP contribution is 2.31. The first-order valence-electron chi connectivity index (χ1n) is 7.60. The van der Waals surface area contributed by atoms with Crippen LogP contribution in [0.3, 0.4) is 0 Å². The van der Waals surface area contributed by atoms with Gasteiger partial charge in [0, 0.05) is 6.54 Å². The highest BCUT2D eigenvalue weighted by molar-refractivity contribution is 4.85. The van der Waals surface area contributed by atoms with E-state index >= 15 is 0 Å². The van der Waals surface area contributed by atoms with Gasteiger partial charge in [0.25, 0.3) is 0 Å². The Balaban J connectivity index is 2.07. The van der Waals surface area contributed by atoms with Crippen molar-refractivity contribution in [1.29, 1.82) is 0 Å². The fraction of sp³-hybridized carbons (Fsp3) is 1.00. The van der Waals surface area contributed by atoms with E-state index in [-0.39, 0.29) is 0 Å². The summed E-state index contributed by atoms with van der Waals surface area (Å²) in [6.07, 6.45) is 8.13. The average molecular weight is 240 g/mol. The second-order valence-electron chi connectivity index (χ2n) is 6.17. The van der Waals surface area contributed by atoms with E-state index in [4.69, 9.17) is 0 Å². The molecule has 0 saturated carbocycles. The van der Waals surface area contributed by atoms with Crippen molar-refractivity contribution in [2.24, 2.45) is 11.3 Å². The molecule has 0 amide bonds. The number of hydrogen-bond acceptors (Lipinski definition) is 2. The van der Waals surface area contributed by atoms with Crippen molar-refractivity contribution in [2.75, 3.05) is 26.2 Å². The van der Waals surface area contributed by atoms with Gasteiger partial charge in [-0.25, -0.2) is 0 Å². The fourth-order valence-corrected chi connectivity index (χ4v) is 2.77. The molecule has 0 aromatic heterocycles. The molecule has 0 aromatic rings. The second-order valence-corrected chi connectivity index (χ2v) is 6.17. The lowest BCUT2D eigenvalue weighted by Gasteiger charge is -2.37. The Labute approximate surface area is 108 Å². The molecular formula is C15H32N2. The highest BCUT2D eigenvalue weighted by atomic mass is 14.9. The Morgan fingerprint density at radius 2 is 1.88 bits per heavy atom. The van der Waals surface area contributed by atoms with Crippen LogP contribution in [0.15, 0.2) is 0 Å². The standard InChI is InChI=1S/C15H32N2/c1-4-15(8-11-16-12-9-15)13-17-10-6-5-7-14(2)3/h14,16-17H,4-13H2,1-3H3. The molecular weight excluding hydrogens is 208 g/mol. The van der Waals surface area contributed by atoms with Crippen molar-refractivity contribution in [2.45, 2.75) is 59.3 Å². The van der Waals surface area contributed by atoms with Gasteiger partial charge in [-0.05, 0) is 56.7 Å². The number of rotatable bonds is 8. The highest BCUT2D eigenvalue weighted by Gasteiger charge is 2.29. The van der Waals surface area contributed by atoms with E-state index in [1.165, 1.54) is 64.7 Å². The maximum Gasteiger partial charge on any atom is 0.000866 e. The summed E-state index contributed by atoms with van der Waals surface area (Å²) < 4.78 is 0. The molecule has 2 heteroatoms. The smallest absolute Gasteiger partial charge is 0.000866 e. The van der Waals surface area contributed by atoms with E-state index in [1.54, 1.807) is 0 Å². The Bertz CT molecular complexity index is 183. The lowest BCUT2D eigenvalue weighted by molar-refractivity contribution is 0.186. The van der Waals surface area contributed by atoms with Crippen LogP contribution in [0, 0.1) is 11.3 Å². The Kier molecular flexibility index (Phi) is 7.14. The molecule has 17 heavy (non-hydrogen) atoms. The molecule has 0 atom stereocenters. The van der Waals surface area contributed by atoms with Gasteiger partial charge in [0.2, 0.25) is 0 Å². The summed E-state index contributed by atoms with van der Waals surface area (Å²) in [5.41, 5.74) is 0.587. The van der Waals surface area contributed by atoms with Crippen molar-refractivity contribution < 1.29 is 0 Å². The molecule has 0 aromatic carbocycles. The number of unbranched alkanes of at least 4 members (excludes halogenated alkanes) is 1. The maximum atomic E-state index is 3.69. The first kappa shape index (κ1) is 15.0. The van der Waals surface area contributed by atoms with Crippen LogP contribution in [0.5, 0.6) is 0 Å². The van der Waals surface area contributed by atoms with Crippen molar-refractivity contribution in [3.8, 4) is 0 Å². The van der Waals surface area contributed by atoms with Crippen LogP contribution in [0.25, 0.3) is 0 Å². The summed E-state index contributed by atoms with van der Waals surface area (Å²) in [7, 11) is 0. The molecule has 0 radical (unpaired) electrons. The number of piperidine rings is 1. The van der Waals surface area contributed by atoms with Crippen LogP contribution in [0.1, 0.15) is 59.3 Å². The van der Waals surface area contributed by atoms with Gasteiger partial charge in [0.1, 0.15) is 0 Å². The van der Waals surface area contributed by atoms with Gasteiger partial charge >= 0.3 is 0 Å². The van der Waals surface area contributed by atoms with Gasteiger partial charge < -0.3 is 10.6 Å². The van der Waals surface area contributed by atoms with E-state index in [0.717, 1.165) is 5.92 Å². The van der Waals surface area contributed by atoms with Crippen molar-refractivity contribution >= 4 is 0 Å². The van der Waals surface area contributed by atoms with Gasteiger partial charge in [-0.15, -0.1) is 0 Å². The zero-order valence-electron chi connectivity index (χ0n) is 12.1. The Morgan fingerprint density at radius 3 is 2.47 bits per heavy atom. The third kappa shape index (κ3) is 5.87. The molecule has 0 spiro atoms. The average Bonchev–Trinajstić information content (AvgIpc) is 2.34. The van der Waals surface area contributed by atoms with Crippen LogP contribution in [0.2, 0.25) is 0 Å². The normalized spacial score (nSPS) is 19.8. The van der Waals surface area contributed by atoms with Gasteiger partial charge in [0.05, 0.1) is 0 Å². The largest absolute Gasteiger partial charge is 0.317 e. The molecule has 0 aliphatic carbocycles. The Morgan fingerprint density at radius 1 is 1.18 bits per heavy atom. The maximum absolute atomic E-state index is 3.69. The SMILES string of the molecule is CCC1(CNCCCCC(C)C)CCNCC1. The van der Waals surface area contributed by atoms with Crippen LogP contribution >= 0.6 is 0 Å². The van der Waals surface area contributed by atoms with E-state index in [1.807, 2.05) is 0 Å². The summed E-state index contributed by atoms with van der Waals surface area (Å²) in [4.78, 5) is 0. The minimum absolute atomic E-state index is 0.587. The number of nitrogens with one attached hydrogen (secondary N) is 2. The molecule has 102 valence electrons. The van der Waals surface area contributed by atoms with Crippen molar-refractivity contribution in [3.63, 3.8) is 0 Å². The molecule has 2 nitrogen and oxygen atoms in total. The molecule has 1 aliphatic rings. The van der Waals surface area contributed by atoms with Crippen molar-refractivity contribution in [3.05, 3.63) is 0 Å². The molecule has 1 heterocycles. The Hall–Kier alpha value is -0.0800. The molecule has 2 N–H and O–H groups in total. The quantitative estimate of drug-likeness (QED) is 0.637. The summed E-state index contributed by atoms with van der Waals surface area (Å²) in [5, 5.41) is 7.16. The third-order valence-electron chi connectivity index (χ3n) is 4.30. The first-order chi connectivity index (χ1) is 8.18. The van der Waals surface area contributed by atoms with E-state index in [9.17, 15) is 0 Å². The zero-order valence-corrected chi connectivity index (χ0v) is 12.1. The van der Waals surface area contributed by atoms with E-state index in [2.05, 4.69) is 31.4 Å². The number of hydrogen-bond donors (Lipinski definition) is 2. The zero-order chi connectivity index (χ0) is 12.6. The monoisotopic (exact) mass is 240 g/mol. The van der Waals surface area contributed by atoms with E-state index in [0.29, 0.717) is 5.41 Å². The molecule has 1 saturated heterocycles. The van der Waals surface area contributed by atoms with Gasteiger partial charge in [-0.2, -0.15) is 0 Å². The molecule has 1 rings (SSSR count). The van der Waals surface area contributed by atoms with Gasteiger partial charge in [-0.1, -0.05) is 33.6 Å². The fourth-order valence-electron chi connectivity index (χ4n) is 2.77.